The van der Waals surface area contributed by atoms with Crippen LogP contribution in [0, 0.1) is 5.92 Å². The molecular weight excluding hydrogens is 398 g/mol. The highest BCUT2D eigenvalue weighted by Crippen LogP contribution is 2.17. The molecule has 1 atom stereocenters. The van der Waals surface area contributed by atoms with Crippen molar-refractivity contribution in [1.82, 2.24) is 20.4 Å². The van der Waals surface area contributed by atoms with Crippen LogP contribution in [0.1, 0.15) is 64.7 Å². The number of likely N-dealkylation sites (tertiary alicyclic amines) is 1. The van der Waals surface area contributed by atoms with Gasteiger partial charge in [-0.15, -0.1) is 10.2 Å². The second-order valence-electron chi connectivity index (χ2n) is 7.94. The fourth-order valence-corrected chi connectivity index (χ4v) is 4.52. The van der Waals surface area contributed by atoms with E-state index in [-0.39, 0.29) is 11.8 Å². The van der Waals surface area contributed by atoms with E-state index in [0.717, 1.165) is 49.8 Å². The highest BCUT2D eigenvalue weighted by molar-refractivity contribution is 7.13. The van der Waals surface area contributed by atoms with Gasteiger partial charge in [-0.25, -0.2) is 0 Å². The van der Waals surface area contributed by atoms with E-state index < -0.39 is 0 Å². The van der Waals surface area contributed by atoms with Crippen LogP contribution in [-0.4, -0.2) is 53.1 Å². The Morgan fingerprint density at radius 3 is 2.93 bits per heavy atom. The van der Waals surface area contributed by atoms with Crippen LogP contribution in [-0.2, 0) is 6.42 Å². The number of rotatable bonds is 9. The summed E-state index contributed by atoms with van der Waals surface area (Å²) in [6.45, 7) is 8.34. The van der Waals surface area contributed by atoms with Crippen molar-refractivity contribution in [3.63, 3.8) is 0 Å². The number of aryl methyl sites for hydroxylation is 1. The maximum atomic E-state index is 12.5. The van der Waals surface area contributed by atoms with E-state index in [1.807, 2.05) is 0 Å². The zero-order valence-electron chi connectivity index (χ0n) is 17.8. The molecule has 162 valence electrons. The molecule has 0 unspecified atom stereocenters. The minimum Gasteiger partial charge on any atom is -0.352 e. The maximum Gasteiger partial charge on any atom is 0.286 e. The number of hydrogen-bond acceptors (Lipinski definition) is 6. The van der Waals surface area contributed by atoms with E-state index in [4.69, 9.17) is 0 Å². The first-order valence-electron chi connectivity index (χ1n) is 10.8. The van der Waals surface area contributed by atoms with Crippen molar-refractivity contribution < 1.29 is 9.59 Å². The average Bonchev–Trinajstić information content (AvgIpc) is 3.20. The molecule has 2 amide bonds. The van der Waals surface area contributed by atoms with Gasteiger partial charge < -0.3 is 15.5 Å². The molecule has 1 aliphatic rings. The first kappa shape index (κ1) is 22.4. The first-order chi connectivity index (χ1) is 14.5. The van der Waals surface area contributed by atoms with Gasteiger partial charge in [0.05, 0.1) is 0 Å². The fraction of sp³-hybridized carbons (Fsp3) is 0.545. The summed E-state index contributed by atoms with van der Waals surface area (Å²) in [5.41, 5.74) is 1.10. The fourth-order valence-electron chi connectivity index (χ4n) is 3.68. The van der Waals surface area contributed by atoms with E-state index in [1.165, 1.54) is 24.2 Å². The predicted molar refractivity (Wildman–Crippen MR) is 120 cm³/mol. The number of anilines is 1. The molecule has 1 aromatic carbocycles. The minimum absolute atomic E-state index is 0.126. The highest BCUT2D eigenvalue weighted by Gasteiger charge is 2.16. The summed E-state index contributed by atoms with van der Waals surface area (Å²) in [5, 5.41) is 15.0. The molecule has 1 aromatic heterocycles. The third-order valence-corrected chi connectivity index (χ3v) is 6.17. The van der Waals surface area contributed by atoms with Gasteiger partial charge in [-0.05, 0) is 62.9 Å². The van der Waals surface area contributed by atoms with Crippen molar-refractivity contribution in [3.05, 3.63) is 39.8 Å². The number of amides is 2. The number of piperidine rings is 1. The van der Waals surface area contributed by atoms with Gasteiger partial charge >= 0.3 is 0 Å². The number of nitrogens with zero attached hydrogens (tertiary/aromatic N) is 3. The second-order valence-corrected chi connectivity index (χ2v) is 9.01. The van der Waals surface area contributed by atoms with Crippen molar-refractivity contribution in [2.45, 2.75) is 46.0 Å². The van der Waals surface area contributed by atoms with Crippen LogP contribution in [0.2, 0.25) is 0 Å². The van der Waals surface area contributed by atoms with E-state index in [1.54, 1.807) is 24.3 Å². The first-order valence-corrected chi connectivity index (χ1v) is 11.6. The SMILES string of the molecule is CCCc1nnc(C(=O)Nc2cccc(C(=O)NCCCN3CCC[C@@H](C)C3)c2)s1. The molecule has 1 fully saturated rings. The monoisotopic (exact) mass is 429 g/mol. The molecule has 2 aromatic rings. The Kier molecular flexibility index (Phi) is 8.33. The minimum atomic E-state index is -0.303. The van der Waals surface area contributed by atoms with Crippen LogP contribution >= 0.6 is 11.3 Å². The van der Waals surface area contributed by atoms with Crippen molar-refractivity contribution in [3.8, 4) is 0 Å². The largest absolute Gasteiger partial charge is 0.352 e. The van der Waals surface area contributed by atoms with E-state index in [9.17, 15) is 9.59 Å². The summed E-state index contributed by atoms with van der Waals surface area (Å²) in [6, 6.07) is 6.97. The normalized spacial score (nSPS) is 16.9. The summed E-state index contributed by atoms with van der Waals surface area (Å²) in [6.07, 6.45) is 5.30. The Balaban J connectivity index is 1.46. The van der Waals surface area contributed by atoms with Crippen LogP contribution in [0.3, 0.4) is 0 Å². The molecule has 1 aliphatic heterocycles. The van der Waals surface area contributed by atoms with Gasteiger partial charge in [0.15, 0.2) is 0 Å². The lowest BCUT2D eigenvalue weighted by molar-refractivity contribution is 0.0948. The van der Waals surface area contributed by atoms with Gasteiger partial charge in [-0.1, -0.05) is 31.3 Å². The van der Waals surface area contributed by atoms with Crippen LogP contribution in [0.5, 0.6) is 0 Å². The molecule has 0 radical (unpaired) electrons. The van der Waals surface area contributed by atoms with Gasteiger partial charge in [-0.2, -0.15) is 0 Å². The van der Waals surface area contributed by atoms with E-state index in [2.05, 4.69) is 39.6 Å². The predicted octanol–water partition coefficient (Wildman–Crippen LogP) is 3.59. The molecule has 1 saturated heterocycles. The smallest absolute Gasteiger partial charge is 0.286 e. The molecule has 8 heteroatoms. The quantitative estimate of drug-likeness (QED) is 0.595. The highest BCUT2D eigenvalue weighted by atomic mass is 32.1. The lowest BCUT2D eigenvalue weighted by Gasteiger charge is -2.30. The van der Waals surface area contributed by atoms with Crippen LogP contribution < -0.4 is 10.6 Å². The number of aromatic nitrogens is 2. The Bertz CT molecular complexity index is 854. The molecule has 2 N–H and O–H groups in total. The zero-order valence-corrected chi connectivity index (χ0v) is 18.6. The molecule has 0 aliphatic carbocycles. The van der Waals surface area contributed by atoms with Gasteiger partial charge in [0.2, 0.25) is 5.01 Å². The van der Waals surface area contributed by atoms with Crippen LogP contribution in [0.4, 0.5) is 5.69 Å². The van der Waals surface area contributed by atoms with E-state index >= 15 is 0 Å². The molecule has 3 rings (SSSR count). The Labute approximate surface area is 182 Å². The van der Waals surface area contributed by atoms with Gasteiger partial charge in [-0.3, -0.25) is 9.59 Å². The standard InChI is InChI=1S/C22H31N5O2S/c1-3-7-19-25-26-22(30-19)21(29)24-18-10-4-9-17(14-18)20(28)23-11-6-13-27-12-5-8-16(2)15-27/h4,9-10,14,16H,3,5-8,11-13,15H2,1-2H3,(H,23,28)(H,24,29)/t16-/m1/s1. The Hall–Kier alpha value is -2.32. The van der Waals surface area contributed by atoms with Gasteiger partial charge in [0.25, 0.3) is 11.8 Å². The van der Waals surface area contributed by atoms with Crippen molar-refractivity contribution in [2.75, 3.05) is 31.5 Å². The lowest BCUT2D eigenvalue weighted by atomic mass is 10.0. The molecule has 2 heterocycles. The average molecular weight is 430 g/mol. The molecule has 7 nitrogen and oxygen atoms in total. The number of carbonyl (C=O) groups excluding carboxylic acids is 2. The zero-order chi connectivity index (χ0) is 21.3. The Morgan fingerprint density at radius 2 is 2.13 bits per heavy atom. The topological polar surface area (TPSA) is 87.2 Å². The lowest BCUT2D eigenvalue weighted by Crippen LogP contribution is -2.36. The molecule has 0 spiro atoms. The molecular formula is C22H31N5O2S. The summed E-state index contributed by atoms with van der Waals surface area (Å²) in [7, 11) is 0. The third kappa shape index (κ3) is 6.60. The molecule has 0 saturated carbocycles. The Morgan fingerprint density at radius 1 is 1.27 bits per heavy atom. The number of carbonyl (C=O) groups is 2. The number of nitrogens with one attached hydrogen (secondary N) is 2. The maximum absolute atomic E-state index is 12.5. The number of hydrogen-bond donors (Lipinski definition) is 2. The second kappa shape index (κ2) is 11.2. The third-order valence-electron chi connectivity index (χ3n) is 5.19. The van der Waals surface area contributed by atoms with Crippen molar-refractivity contribution in [1.29, 1.82) is 0 Å². The summed E-state index contributed by atoms with van der Waals surface area (Å²) >= 11 is 1.30. The van der Waals surface area contributed by atoms with E-state index in [0.29, 0.717) is 22.8 Å². The van der Waals surface area contributed by atoms with Crippen molar-refractivity contribution >= 4 is 28.8 Å². The van der Waals surface area contributed by atoms with Crippen molar-refractivity contribution in [2.24, 2.45) is 5.92 Å². The molecule has 0 bridgehead atoms. The summed E-state index contributed by atoms with van der Waals surface area (Å²) in [5.74, 6) is 0.340. The van der Waals surface area contributed by atoms with Gasteiger partial charge in [0.1, 0.15) is 5.01 Å². The van der Waals surface area contributed by atoms with Crippen LogP contribution in [0.25, 0.3) is 0 Å². The summed E-state index contributed by atoms with van der Waals surface area (Å²) < 4.78 is 0. The van der Waals surface area contributed by atoms with Crippen LogP contribution in [0.15, 0.2) is 24.3 Å². The summed E-state index contributed by atoms with van der Waals surface area (Å²) in [4.78, 5) is 27.3. The van der Waals surface area contributed by atoms with Gasteiger partial charge in [0, 0.05) is 30.8 Å². The molecule has 30 heavy (non-hydrogen) atoms. The number of benzene rings is 1.